The molecule has 1 aromatic carbocycles. The number of hydrogen-bond acceptors (Lipinski definition) is 4. The zero-order valence-corrected chi connectivity index (χ0v) is 13.0. The number of hydrogen-bond donors (Lipinski definition) is 1. The molecule has 0 aliphatic rings. The summed E-state index contributed by atoms with van der Waals surface area (Å²) in [7, 11) is 1.98. The summed E-state index contributed by atoms with van der Waals surface area (Å²) in [6.07, 6.45) is 2.71. The SMILES string of the molecule is CNC(Cc1csc(C)n1)c1ccnn1-c1ccccc1. The van der Waals surface area contributed by atoms with Crippen LogP contribution in [0, 0.1) is 6.92 Å². The van der Waals surface area contributed by atoms with Gasteiger partial charge in [-0.05, 0) is 32.2 Å². The van der Waals surface area contributed by atoms with Gasteiger partial charge in [0.25, 0.3) is 0 Å². The Bertz CT molecular complexity index is 702. The summed E-state index contributed by atoms with van der Waals surface area (Å²) in [5, 5.41) is 11.1. The maximum Gasteiger partial charge on any atom is 0.0897 e. The van der Waals surface area contributed by atoms with Crippen LogP contribution in [0.5, 0.6) is 0 Å². The van der Waals surface area contributed by atoms with Crippen molar-refractivity contribution in [2.24, 2.45) is 0 Å². The molecular weight excluding hydrogens is 280 g/mol. The fourth-order valence-electron chi connectivity index (χ4n) is 2.43. The Balaban J connectivity index is 1.90. The minimum absolute atomic E-state index is 0.189. The summed E-state index contributed by atoms with van der Waals surface area (Å²) in [6, 6.07) is 12.5. The predicted molar refractivity (Wildman–Crippen MR) is 85.9 cm³/mol. The molecule has 1 N–H and O–H groups in total. The number of para-hydroxylation sites is 1. The number of nitrogens with zero attached hydrogens (tertiary/aromatic N) is 3. The van der Waals surface area contributed by atoms with Crippen molar-refractivity contribution in [1.29, 1.82) is 0 Å². The first-order valence-electron chi connectivity index (χ1n) is 6.95. The van der Waals surface area contributed by atoms with Gasteiger partial charge in [-0.2, -0.15) is 5.10 Å². The molecule has 0 bridgehead atoms. The van der Waals surface area contributed by atoms with Gasteiger partial charge in [-0.25, -0.2) is 9.67 Å². The maximum atomic E-state index is 4.56. The van der Waals surface area contributed by atoms with Crippen LogP contribution in [-0.2, 0) is 6.42 Å². The third-order valence-corrected chi connectivity index (χ3v) is 4.28. The quantitative estimate of drug-likeness (QED) is 0.787. The lowest BCUT2D eigenvalue weighted by molar-refractivity contribution is 0.550. The Hall–Kier alpha value is -1.98. The zero-order valence-electron chi connectivity index (χ0n) is 12.2. The van der Waals surface area contributed by atoms with Crippen LogP contribution >= 0.6 is 11.3 Å². The van der Waals surface area contributed by atoms with Gasteiger partial charge in [-0.3, -0.25) is 0 Å². The number of benzene rings is 1. The van der Waals surface area contributed by atoms with Gasteiger partial charge in [-0.1, -0.05) is 18.2 Å². The van der Waals surface area contributed by atoms with E-state index in [9.17, 15) is 0 Å². The molecule has 0 radical (unpaired) electrons. The molecule has 108 valence electrons. The summed E-state index contributed by atoms with van der Waals surface area (Å²) in [6.45, 7) is 2.04. The Kier molecular flexibility index (Phi) is 4.13. The number of aromatic nitrogens is 3. The van der Waals surface area contributed by atoms with E-state index in [4.69, 9.17) is 0 Å². The monoisotopic (exact) mass is 298 g/mol. The van der Waals surface area contributed by atoms with E-state index in [-0.39, 0.29) is 6.04 Å². The first-order valence-corrected chi connectivity index (χ1v) is 7.83. The molecule has 2 aromatic heterocycles. The lowest BCUT2D eigenvalue weighted by Gasteiger charge is -2.17. The highest BCUT2D eigenvalue weighted by atomic mass is 32.1. The van der Waals surface area contributed by atoms with E-state index < -0.39 is 0 Å². The Morgan fingerprint density at radius 2 is 2.05 bits per heavy atom. The molecule has 1 unspecified atom stereocenters. The molecule has 0 aliphatic heterocycles. The van der Waals surface area contributed by atoms with Gasteiger partial charge in [0, 0.05) is 18.0 Å². The van der Waals surface area contributed by atoms with Crippen molar-refractivity contribution < 1.29 is 0 Å². The van der Waals surface area contributed by atoms with Crippen LogP contribution in [0.2, 0.25) is 0 Å². The molecular formula is C16H18N4S. The van der Waals surface area contributed by atoms with E-state index in [2.05, 4.69) is 39.0 Å². The van der Waals surface area contributed by atoms with Gasteiger partial charge < -0.3 is 5.32 Å². The van der Waals surface area contributed by atoms with Crippen LogP contribution in [0.3, 0.4) is 0 Å². The van der Waals surface area contributed by atoms with Gasteiger partial charge in [0.1, 0.15) is 0 Å². The van der Waals surface area contributed by atoms with E-state index in [0.717, 1.165) is 28.5 Å². The smallest absolute Gasteiger partial charge is 0.0897 e. The molecule has 0 saturated heterocycles. The van der Waals surface area contributed by atoms with Crippen molar-refractivity contribution in [3.8, 4) is 5.69 Å². The second-order valence-corrected chi connectivity index (χ2v) is 5.97. The molecule has 0 spiro atoms. The molecule has 3 aromatic rings. The minimum Gasteiger partial charge on any atom is -0.311 e. The normalized spacial score (nSPS) is 12.5. The molecule has 0 saturated carbocycles. The summed E-state index contributed by atoms with van der Waals surface area (Å²) in [5.41, 5.74) is 3.35. The van der Waals surface area contributed by atoms with Crippen LogP contribution in [0.4, 0.5) is 0 Å². The number of thiazole rings is 1. The zero-order chi connectivity index (χ0) is 14.7. The molecule has 3 rings (SSSR count). The van der Waals surface area contributed by atoms with Crippen LogP contribution < -0.4 is 5.32 Å². The molecule has 0 fully saturated rings. The van der Waals surface area contributed by atoms with Crippen molar-refractivity contribution in [3.05, 3.63) is 64.4 Å². The highest BCUT2D eigenvalue weighted by Crippen LogP contribution is 2.21. The van der Waals surface area contributed by atoms with Crippen LogP contribution in [0.15, 0.2) is 48.0 Å². The second kappa shape index (κ2) is 6.20. The Labute approximate surface area is 128 Å². The average molecular weight is 298 g/mol. The molecule has 4 nitrogen and oxygen atoms in total. The van der Waals surface area contributed by atoms with E-state index >= 15 is 0 Å². The molecule has 0 aliphatic carbocycles. The number of nitrogens with one attached hydrogen (secondary N) is 1. The fraction of sp³-hybridized carbons (Fsp3) is 0.250. The lowest BCUT2D eigenvalue weighted by atomic mass is 10.1. The summed E-state index contributed by atoms with van der Waals surface area (Å²) >= 11 is 1.69. The first-order chi connectivity index (χ1) is 10.3. The van der Waals surface area contributed by atoms with Crippen LogP contribution in [0.25, 0.3) is 5.69 Å². The van der Waals surface area contributed by atoms with Crippen molar-refractivity contribution >= 4 is 11.3 Å². The van der Waals surface area contributed by atoms with Crippen molar-refractivity contribution in [3.63, 3.8) is 0 Å². The summed E-state index contributed by atoms with van der Waals surface area (Å²) in [5.74, 6) is 0. The molecule has 2 heterocycles. The fourth-order valence-corrected chi connectivity index (χ4v) is 3.05. The molecule has 5 heteroatoms. The second-order valence-electron chi connectivity index (χ2n) is 4.91. The van der Waals surface area contributed by atoms with Crippen molar-refractivity contribution in [2.75, 3.05) is 7.05 Å². The van der Waals surface area contributed by atoms with Gasteiger partial charge in [0.15, 0.2) is 0 Å². The van der Waals surface area contributed by atoms with Crippen LogP contribution in [-0.4, -0.2) is 21.8 Å². The lowest BCUT2D eigenvalue weighted by Crippen LogP contribution is -2.22. The van der Waals surface area contributed by atoms with E-state index in [1.54, 1.807) is 11.3 Å². The van der Waals surface area contributed by atoms with Gasteiger partial charge in [-0.15, -0.1) is 11.3 Å². The Morgan fingerprint density at radius 1 is 1.24 bits per heavy atom. The number of rotatable bonds is 5. The Morgan fingerprint density at radius 3 is 2.71 bits per heavy atom. The van der Waals surface area contributed by atoms with E-state index in [1.807, 2.05) is 43.0 Å². The van der Waals surface area contributed by atoms with Crippen molar-refractivity contribution in [1.82, 2.24) is 20.1 Å². The summed E-state index contributed by atoms with van der Waals surface area (Å²) in [4.78, 5) is 4.56. The van der Waals surface area contributed by atoms with Gasteiger partial charge >= 0.3 is 0 Å². The summed E-state index contributed by atoms with van der Waals surface area (Å²) < 4.78 is 1.99. The third kappa shape index (κ3) is 3.04. The molecule has 0 amide bonds. The topological polar surface area (TPSA) is 42.7 Å². The average Bonchev–Trinajstić information content (AvgIpc) is 3.14. The predicted octanol–water partition coefficient (Wildman–Crippen LogP) is 3.14. The largest absolute Gasteiger partial charge is 0.311 e. The van der Waals surface area contributed by atoms with Gasteiger partial charge in [0.2, 0.25) is 0 Å². The highest BCUT2D eigenvalue weighted by Gasteiger charge is 2.17. The van der Waals surface area contributed by atoms with Crippen LogP contribution in [0.1, 0.15) is 22.4 Å². The van der Waals surface area contributed by atoms with Gasteiger partial charge in [0.05, 0.1) is 28.1 Å². The molecule has 1 atom stereocenters. The minimum atomic E-state index is 0.189. The van der Waals surface area contributed by atoms with E-state index in [0.29, 0.717) is 0 Å². The highest BCUT2D eigenvalue weighted by molar-refractivity contribution is 7.09. The van der Waals surface area contributed by atoms with Crippen molar-refractivity contribution in [2.45, 2.75) is 19.4 Å². The number of aryl methyl sites for hydroxylation is 1. The standard InChI is InChI=1S/C16H18N4S/c1-12-19-13(11-21-12)10-15(17-2)16-8-9-18-20(16)14-6-4-3-5-7-14/h3-9,11,15,17H,10H2,1-2H3. The molecule has 21 heavy (non-hydrogen) atoms. The third-order valence-electron chi connectivity index (χ3n) is 3.46. The van der Waals surface area contributed by atoms with E-state index in [1.165, 1.54) is 0 Å². The number of likely N-dealkylation sites (N-methyl/N-ethyl adjacent to an activating group) is 1. The maximum absolute atomic E-state index is 4.56. The first kappa shape index (κ1) is 14.0.